The molecular weight excluding hydrogens is 550 g/mol. The summed E-state index contributed by atoms with van der Waals surface area (Å²) >= 11 is 1.37. The Morgan fingerprint density at radius 3 is 2.74 bits per heavy atom. The van der Waals surface area contributed by atoms with Gasteiger partial charge in [-0.3, -0.25) is 24.3 Å². The van der Waals surface area contributed by atoms with Crippen molar-refractivity contribution in [2.45, 2.75) is 13.3 Å². The summed E-state index contributed by atoms with van der Waals surface area (Å²) in [5.41, 5.74) is 3.82. The highest BCUT2D eigenvalue weighted by Gasteiger charge is 2.24. The van der Waals surface area contributed by atoms with Crippen molar-refractivity contribution in [2.24, 2.45) is 4.99 Å². The molecule has 2 aliphatic heterocycles. The maximum Gasteiger partial charge on any atom is 0.267 e. The van der Waals surface area contributed by atoms with Crippen molar-refractivity contribution in [1.29, 1.82) is 0 Å². The van der Waals surface area contributed by atoms with Gasteiger partial charge in [0.1, 0.15) is 4.88 Å². The highest BCUT2D eigenvalue weighted by atomic mass is 32.1. The van der Waals surface area contributed by atoms with Gasteiger partial charge in [-0.05, 0) is 59.7 Å². The topological polar surface area (TPSA) is 112 Å². The summed E-state index contributed by atoms with van der Waals surface area (Å²) in [5, 5.41) is 13.7. The molecule has 216 valence electrons. The molecule has 1 saturated heterocycles. The van der Waals surface area contributed by atoms with Gasteiger partial charge in [0.25, 0.3) is 5.91 Å². The van der Waals surface area contributed by atoms with Gasteiger partial charge in [-0.25, -0.2) is 0 Å². The Morgan fingerprint density at radius 1 is 1.05 bits per heavy atom. The van der Waals surface area contributed by atoms with Gasteiger partial charge in [-0.1, -0.05) is 24.3 Å². The standard InChI is InChI=1S/C32H33N5O4S/c1-20-6-7-22(18-24(20)27-28(30(39)29(27)38)34-11-12-37-13-15-41-16-14-37)36-32(40)31-26(9-17-42-31)35-19-21-8-10-33-25-5-3-2-4-23(21)25/h2-7,9,17-18,34-35H,8,10-16,19H2,1H3,(H,36,40). The summed E-state index contributed by atoms with van der Waals surface area (Å²) in [6, 6.07) is 15.5. The molecule has 1 amide bonds. The largest absolute Gasteiger partial charge is 0.380 e. The zero-order valence-corrected chi connectivity index (χ0v) is 24.3. The fourth-order valence-corrected chi connectivity index (χ4v) is 6.27. The van der Waals surface area contributed by atoms with Crippen LogP contribution in [0.15, 0.2) is 68.5 Å². The first-order chi connectivity index (χ1) is 20.5. The third-order valence-corrected chi connectivity index (χ3v) is 8.77. The van der Waals surface area contributed by atoms with E-state index in [-0.39, 0.29) is 5.91 Å². The molecule has 0 atom stereocenters. The number of para-hydroxylation sites is 1. The third-order valence-electron chi connectivity index (χ3n) is 7.85. The van der Waals surface area contributed by atoms with Crippen molar-refractivity contribution in [1.82, 2.24) is 4.90 Å². The Hall–Kier alpha value is -4.12. The molecule has 1 aromatic heterocycles. The van der Waals surface area contributed by atoms with E-state index in [0.29, 0.717) is 53.7 Å². The number of hydrogen-bond donors (Lipinski definition) is 3. The van der Waals surface area contributed by atoms with Crippen LogP contribution in [0, 0.1) is 6.92 Å². The minimum absolute atomic E-state index is 0.236. The summed E-state index contributed by atoms with van der Waals surface area (Å²) in [7, 11) is 0. The third kappa shape index (κ3) is 5.78. The van der Waals surface area contributed by atoms with Crippen LogP contribution in [0.1, 0.15) is 21.7 Å². The molecular formula is C32H33N5O4S. The molecule has 2 aliphatic rings. The maximum absolute atomic E-state index is 13.3. The van der Waals surface area contributed by atoms with Crippen LogP contribution in [0.4, 0.5) is 17.1 Å². The van der Waals surface area contributed by atoms with Gasteiger partial charge in [-0.15, -0.1) is 11.3 Å². The summed E-state index contributed by atoms with van der Waals surface area (Å²) < 4.78 is 5.39. The van der Waals surface area contributed by atoms with E-state index in [2.05, 4.69) is 31.9 Å². The zero-order valence-electron chi connectivity index (χ0n) is 23.5. The van der Waals surface area contributed by atoms with E-state index in [4.69, 9.17) is 4.74 Å². The number of carbonyl (C=O) groups excluding carboxylic acids is 1. The Balaban J connectivity index is 1.15. The lowest BCUT2D eigenvalue weighted by Gasteiger charge is -2.27. The van der Waals surface area contributed by atoms with E-state index in [1.807, 2.05) is 48.7 Å². The molecule has 1 fully saturated rings. The minimum Gasteiger partial charge on any atom is -0.380 e. The number of benzene rings is 2. The number of ether oxygens (including phenoxy) is 1. The number of nitrogens with zero attached hydrogens (tertiary/aromatic N) is 2. The predicted octanol–water partition coefficient (Wildman–Crippen LogP) is 2.60. The fraction of sp³-hybridized carbons (Fsp3) is 0.312. The van der Waals surface area contributed by atoms with Crippen LogP contribution in [0.5, 0.6) is 0 Å². The van der Waals surface area contributed by atoms with Gasteiger partial charge in [0.05, 0.1) is 35.5 Å². The van der Waals surface area contributed by atoms with Gasteiger partial charge in [0.2, 0.25) is 10.9 Å². The first kappa shape index (κ1) is 28.0. The van der Waals surface area contributed by atoms with E-state index in [0.717, 1.165) is 54.4 Å². The molecule has 3 heterocycles. The SMILES string of the molecule is Cc1ccc(NC(=O)c2sccc2NCC2=c3ccccc3=NCC2)cc1-c1c(NCCN2CCOCC2)c(=O)c1=O. The molecule has 9 nitrogen and oxygen atoms in total. The molecule has 6 rings (SSSR count). The first-order valence-corrected chi connectivity index (χ1v) is 15.1. The van der Waals surface area contributed by atoms with Crippen molar-refractivity contribution in [3.05, 3.63) is 95.4 Å². The van der Waals surface area contributed by atoms with E-state index in [1.165, 1.54) is 16.9 Å². The van der Waals surface area contributed by atoms with E-state index < -0.39 is 10.9 Å². The average Bonchev–Trinajstić information content (AvgIpc) is 3.50. The van der Waals surface area contributed by atoms with Crippen molar-refractivity contribution in [3.63, 3.8) is 0 Å². The van der Waals surface area contributed by atoms with Gasteiger partial charge in [0.15, 0.2) is 0 Å². The first-order valence-electron chi connectivity index (χ1n) is 14.2. The molecule has 0 spiro atoms. The highest BCUT2D eigenvalue weighted by molar-refractivity contribution is 7.12. The fourth-order valence-electron chi connectivity index (χ4n) is 5.50. The van der Waals surface area contributed by atoms with E-state index in [1.54, 1.807) is 6.07 Å². The monoisotopic (exact) mass is 583 g/mol. The van der Waals surface area contributed by atoms with Crippen LogP contribution in [-0.2, 0) is 4.74 Å². The van der Waals surface area contributed by atoms with Gasteiger partial charge in [0, 0.05) is 50.2 Å². The predicted molar refractivity (Wildman–Crippen MR) is 168 cm³/mol. The molecule has 0 bridgehead atoms. The van der Waals surface area contributed by atoms with Crippen molar-refractivity contribution in [2.75, 3.05) is 68.4 Å². The molecule has 0 unspecified atom stereocenters. The van der Waals surface area contributed by atoms with Crippen LogP contribution >= 0.6 is 11.3 Å². The van der Waals surface area contributed by atoms with Gasteiger partial charge < -0.3 is 20.7 Å². The summed E-state index contributed by atoms with van der Waals surface area (Å²) in [6.07, 6.45) is 0.878. The zero-order chi connectivity index (χ0) is 29.1. The average molecular weight is 584 g/mol. The smallest absolute Gasteiger partial charge is 0.267 e. The number of nitrogens with one attached hydrogen (secondary N) is 3. The lowest BCUT2D eigenvalue weighted by Crippen LogP contribution is -2.41. The Bertz CT molecular complexity index is 1820. The number of hydrogen-bond acceptors (Lipinski definition) is 9. The van der Waals surface area contributed by atoms with Gasteiger partial charge in [-0.2, -0.15) is 0 Å². The highest BCUT2D eigenvalue weighted by Crippen LogP contribution is 2.30. The van der Waals surface area contributed by atoms with Crippen LogP contribution in [0.3, 0.4) is 0 Å². The summed E-state index contributed by atoms with van der Waals surface area (Å²) in [5.74, 6) is -0.236. The quantitative estimate of drug-likeness (QED) is 0.246. The van der Waals surface area contributed by atoms with E-state index in [9.17, 15) is 14.4 Å². The molecule has 4 aromatic rings. The number of anilines is 3. The molecule has 0 radical (unpaired) electrons. The minimum atomic E-state index is -0.505. The summed E-state index contributed by atoms with van der Waals surface area (Å²) in [6.45, 7) is 7.72. The second-order valence-corrected chi connectivity index (χ2v) is 11.5. The van der Waals surface area contributed by atoms with Crippen LogP contribution in [0.25, 0.3) is 16.7 Å². The van der Waals surface area contributed by atoms with Crippen LogP contribution in [0.2, 0.25) is 0 Å². The normalized spacial score (nSPS) is 15.2. The van der Waals surface area contributed by atoms with Crippen LogP contribution < -0.4 is 37.4 Å². The summed E-state index contributed by atoms with van der Waals surface area (Å²) in [4.78, 5) is 45.9. The Kier molecular flexibility index (Phi) is 8.27. The molecule has 3 aromatic carbocycles. The lowest BCUT2D eigenvalue weighted by atomic mass is 9.94. The number of amides is 1. The molecule has 42 heavy (non-hydrogen) atoms. The molecule has 0 aliphatic carbocycles. The van der Waals surface area contributed by atoms with Crippen molar-refractivity contribution < 1.29 is 9.53 Å². The number of thiophene rings is 1. The van der Waals surface area contributed by atoms with E-state index >= 15 is 0 Å². The second-order valence-electron chi connectivity index (χ2n) is 10.5. The number of rotatable bonds is 10. The van der Waals surface area contributed by atoms with Gasteiger partial charge >= 0.3 is 0 Å². The Labute approximate surface area is 247 Å². The van der Waals surface area contributed by atoms with Crippen molar-refractivity contribution in [3.8, 4) is 11.1 Å². The molecule has 10 heteroatoms. The van der Waals surface area contributed by atoms with Crippen molar-refractivity contribution >= 4 is 39.9 Å². The number of morpholine rings is 1. The Morgan fingerprint density at radius 2 is 1.88 bits per heavy atom. The number of aryl methyl sites for hydroxylation is 1. The second kappa shape index (κ2) is 12.4. The lowest BCUT2D eigenvalue weighted by molar-refractivity contribution is 0.0398. The van der Waals surface area contributed by atoms with Crippen LogP contribution in [-0.4, -0.2) is 63.3 Å². The molecule has 3 N–H and O–H groups in total. The molecule has 0 saturated carbocycles. The number of fused-ring (bicyclic) bond motifs is 1. The maximum atomic E-state index is 13.3. The number of carbonyl (C=O) groups is 1.